The Morgan fingerprint density at radius 1 is 1.43 bits per heavy atom. The topological polar surface area (TPSA) is 35.5 Å². The Bertz CT molecular complexity index is 307. The fourth-order valence-electron chi connectivity index (χ4n) is 1.07. The minimum absolute atomic E-state index is 0.0225. The minimum atomic E-state index is -0.0225. The Balaban J connectivity index is 2.69. The van der Waals surface area contributed by atoms with Crippen LogP contribution in [0.5, 0.6) is 5.75 Å². The molecule has 0 atom stereocenters. The second-order valence-corrected chi connectivity index (χ2v) is 2.79. The molecule has 0 aromatic heterocycles. The molecule has 1 rings (SSSR count). The molecule has 0 spiro atoms. The number of hydrogen-bond donors (Lipinski definition) is 0. The highest BCUT2D eigenvalue weighted by molar-refractivity contribution is 5.97. The molecule has 0 heterocycles. The first kappa shape index (κ1) is 10.7. The number of Topliss-reactive ketones (excluding diaryl/α,β-unsaturated/α-hetero) is 1. The first-order valence-electron chi connectivity index (χ1n) is 4.53. The number of carbonyl (C=O) groups excluding carboxylic acids is 1. The summed E-state index contributed by atoms with van der Waals surface area (Å²) in [5.41, 5.74) is 0.623. The van der Waals surface area contributed by atoms with Crippen LogP contribution in [0.15, 0.2) is 24.3 Å². The van der Waals surface area contributed by atoms with Gasteiger partial charge in [-0.05, 0) is 19.1 Å². The van der Waals surface area contributed by atoms with Gasteiger partial charge in [0.15, 0.2) is 5.78 Å². The lowest BCUT2D eigenvalue weighted by Crippen LogP contribution is -2.08. The second-order valence-electron chi connectivity index (χ2n) is 2.79. The van der Waals surface area contributed by atoms with Gasteiger partial charge in [0.2, 0.25) is 0 Å². The number of ether oxygens (including phenoxy) is 2. The molecule has 0 amide bonds. The van der Waals surface area contributed by atoms with Gasteiger partial charge in [0.05, 0.1) is 7.11 Å². The van der Waals surface area contributed by atoms with Crippen molar-refractivity contribution in [2.45, 2.75) is 6.92 Å². The normalized spacial score (nSPS) is 9.86. The van der Waals surface area contributed by atoms with Crippen molar-refractivity contribution in [2.75, 3.05) is 20.3 Å². The maximum absolute atomic E-state index is 11.5. The summed E-state index contributed by atoms with van der Waals surface area (Å²) in [5, 5.41) is 0. The molecule has 3 nitrogen and oxygen atoms in total. The van der Waals surface area contributed by atoms with Crippen molar-refractivity contribution in [3.63, 3.8) is 0 Å². The number of rotatable bonds is 5. The van der Waals surface area contributed by atoms with Gasteiger partial charge in [-0.2, -0.15) is 0 Å². The first-order valence-corrected chi connectivity index (χ1v) is 4.53. The molecule has 0 aliphatic heterocycles. The van der Waals surface area contributed by atoms with E-state index >= 15 is 0 Å². The van der Waals surface area contributed by atoms with Gasteiger partial charge < -0.3 is 9.47 Å². The van der Waals surface area contributed by atoms with Crippen LogP contribution in [0.2, 0.25) is 0 Å². The smallest absolute Gasteiger partial charge is 0.188 e. The summed E-state index contributed by atoms with van der Waals surface area (Å²) < 4.78 is 10.0. The van der Waals surface area contributed by atoms with Gasteiger partial charge in [0.1, 0.15) is 12.4 Å². The van der Waals surface area contributed by atoms with Crippen LogP contribution < -0.4 is 4.74 Å². The summed E-state index contributed by atoms with van der Waals surface area (Å²) in [7, 11) is 1.58. The molecule has 0 saturated carbocycles. The van der Waals surface area contributed by atoms with E-state index in [-0.39, 0.29) is 12.4 Å². The van der Waals surface area contributed by atoms with Crippen LogP contribution in [0.1, 0.15) is 17.3 Å². The summed E-state index contributed by atoms with van der Waals surface area (Å²) in [6.07, 6.45) is 0. The van der Waals surface area contributed by atoms with E-state index in [4.69, 9.17) is 9.47 Å². The fourth-order valence-corrected chi connectivity index (χ4v) is 1.07. The average molecular weight is 194 g/mol. The zero-order chi connectivity index (χ0) is 10.4. The Labute approximate surface area is 83.6 Å². The van der Waals surface area contributed by atoms with Crippen molar-refractivity contribution in [1.82, 2.24) is 0 Å². The van der Waals surface area contributed by atoms with Crippen LogP contribution >= 0.6 is 0 Å². The van der Waals surface area contributed by atoms with Crippen LogP contribution in [0.25, 0.3) is 0 Å². The quantitative estimate of drug-likeness (QED) is 0.672. The lowest BCUT2D eigenvalue weighted by atomic mass is 10.1. The van der Waals surface area contributed by atoms with Gasteiger partial charge in [-0.15, -0.1) is 0 Å². The summed E-state index contributed by atoms with van der Waals surface area (Å²) in [4.78, 5) is 11.5. The molecular formula is C11H14O3. The minimum Gasteiger partial charge on any atom is -0.497 e. The number of ketones is 1. The molecule has 1 aromatic carbocycles. The molecule has 0 aliphatic rings. The third-order valence-electron chi connectivity index (χ3n) is 1.83. The maximum atomic E-state index is 11.5. The van der Waals surface area contributed by atoms with Crippen LogP contribution in [0.3, 0.4) is 0 Å². The number of carbonyl (C=O) groups is 1. The predicted molar refractivity (Wildman–Crippen MR) is 53.8 cm³/mol. The van der Waals surface area contributed by atoms with Crippen LogP contribution in [0.4, 0.5) is 0 Å². The third kappa shape index (κ3) is 2.85. The average Bonchev–Trinajstić information content (AvgIpc) is 2.26. The number of methoxy groups -OCH3 is 1. The van der Waals surface area contributed by atoms with Crippen molar-refractivity contribution in [1.29, 1.82) is 0 Å². The van der Waals surface area contributed by atoms with Gasteiger partial charge >= 0.3 is 0 Å². The van der Waals surface area contributed by atoms with Gasteiger partial charge in [0, 0.05) is 12.2 Å². The molecular weight excluding hydrogens is 180 g/mol. The maximum Gasteiger partial charge on any atom is 0.188 e. The fraction of sp³-hybridized carbons (Fsp3) is 0.364. The summed E-state index contributed by atoms with van der Waals surface area (Å²) in [6.45, 7) is 2.54. The van der Waals surface area contributed by atoms with Crippen molar-refractivity contribution in [3.8, 4) is 5.75 Å². The third-order valence-corrected chi connectivity index (χ3v) is 1.83. The van der Waals surface area contributed by atoms with E-state index in [1.807, 2.05) is 6.92 Å². The summed E-state index contributed by atoms with van der Waals surface area (Å²) >= 11 is 0. The van der Waals surface area contributed by atoms with E-state index in [2.05, 4.69) is 0 Å². The molecule has 0 fully saturated rings. The summed E-state index contributed by atoms with van der Waals surface area (Å²) in [6, 6.07) is 7.06. The molecule has 3 heteroatoms. The highest BCUT2D eigenvalue weighted by Crippen LogP contribution is 2.12. The molecule has 0 unspecified atom stereocenters. The number of hydrogen-bond acceptors (Lipinski definition) is 3. The van der Waals surface area contributed by atoms with Crippen molar-refractivity contribution < 1.29 is 14.3 Å². The molecule has 0 radical (unpaired) electrons. The predicted octanol–water partition coefficient (Wildman–Crippen LogP) is 1.91. The van der Waals surface area contributed by atoms with Gasteiger partial charge in [-0.3, -0.25) is 4.79 Å². The molecule has 0 saturated heterocycles. The van der Waals surface area contributed by atoms with Gasteiger partial charge in [-0.1, -0.05) is 12.1 Å². The summed E-state index contributed by atoms with van der Waals surface area (Å²) in [5.74, 6) is 0.665. The van der Waals surface area contributed by atoms with E-state index in [0.29, 0.717) is 17.9 Å². The molecule has 0 aliphatic carbocycles. The van der Waals surface area contributed by atoms with Gasteiger partial charge in [-0.25, -0.2) is 0 Å². The SMILES string of the molecule is CCOCC(=O)c1cccc(OC)c1. The first-order chi connectivity index (χ1) is 6.77. The van der Waals surface area contributed by atoms with Crippen LogP contribution in [-0.4, -0.2) is 26.1 Å². The Morgan fingerprint density at radius 2 is 2.21 bits per heavy atom. The van der Waals surface area contributed by atoms with E-state index in [1.165, 1.54) is 0 Å². The van der Waals surface area contributed by atoms with Crippen LogP contribution in [-0.2, 0) is 4.74 Å². The monoisotopic (exact) mass is 194 g/mol. The molecule has 14 heavy (non-hydrogen) atoms. The van der Waals surface area contributed by atoms with Gasteiger partial charge in [0.25, 0.3) is 0 Å². The highest BCUT2D eigenvalue weighted by Gasteiger charge is 2.05. The second kappa shape index (κ2) is 5.40. The van der Waals surface area contributed by atoms with Crippen LogP contribution in [0, 0.1) is 0 Å². The van der Waals surface area contributed by atoms with E-state index in [1.54, 1.807) is 31.4 Å². The molecule has 0 N–H and O–H groups in total. The molecule has 1 aromatic rings. The molecule has 0 bridgehead atoms. The Hall–Kier alpha value is -1.35. The van der Waals surface area contributed by atoms with Crippen molar-refractivity contribution >= 4 is 5.78 Å². The standard InChI is InChI=1S/C11H14O3/c1-3-14-8-11(12)9-5-4-6-10(7-9)13-2/h4-7H,3,8H2,1-2H3. The molecule has 76 valence electrons. The van der Waals surface area contributed by atoms with Crippen molar-refractivity contribution in [3.05, 3.63) is 29.8 Å². The largest absolute Gasteiger partial charge is 0.497 e. The number of benzene rings is 1. The Kier molecular flexibility index (Phi) is 4.13. The van der Waals surface area contributed by atoms with E-state index in [0.717, 1.165) is 0 Å². The zero-order valence-corrected chi connectivity index (χ0v) is 8.45. The zero-order valence-electron chi connectivity index (χ0n) is 8.45. The highest BCUT2D eigenvalue weighted by atomic mass is 16.5. The Morgan fingerprint density at radius 3 is 2.86 bits per heavy atom. The van der Waals surface area contributed by atoms with E-state index in [9.17, 15) is 4.79 Å². The van der Waals surface area contributed by atoms with Crippen molar-refractivity contribution in [2.24, 2.45) is 0 Å². The lowest BCUT2D eigenvalue weighted by molar-refractivity contribution is 0.0783. The van der Waals surface area contributed by atoms with E-state index < -0.39 is 0 Å². The lowest BCUT2D eigenvalue weighted by Gasteiger charge is -2.03.